The van der Waals surface area contributed by atoms with Gasteiger partial charge in [0, 0.05) is 25.0 Å². The third-order valence-corrected chi connectivity index (χ3v) is 3.38. The van der Waals surface area contributed by atoms with Crippen LogP contribution in [0.25, 0.3) is 11.2 Å². The van der Waals surface area contributed by atoms with Crippen molar-refractivity contribution < 1.29 is 0 Å². The molecule has 3 heterocycles. The van der Waals surface area contributed by atoms with Gasteiger partial charge in [0.15, 0.2) is 5.65 Å². The van der Waals surface area contributed by atoms with Crippen molar-refractivity contribution in [3.05, 3.63) is 41.6 Å². The summed E-state index contributed by atoms with van der Waals surface area (Å²) in [5.74, 6) is 1.20. The molecule has 0 aromatic carbocycles. The van der Waals surface area contributed by atoms with E-state index >= 15 is 0 Å². The van der Waals surface area contributed by atoms with Crippen LogP contribution in [0.3, 0.4) is 0 Å². The molecule has 0 atom stereocenters. The Morgan fingerprint density at radius 1 is 1.37 bits per heavy atom. The number of halogens is 1. The fraction of sp³-hybridized carbons (Fsp3) is 0.308. The van der Waals surface area contributed by atoms with Crippen molar-refractivity contribution in [1.29, 1.82) is 0 Å². The van der Waals surface area contributed by atoms with E-state index in [1.807, 2.05) is 41.5 Å². The summed E-state index contributed by atoms with van der Waals surface area (Å²) >= 11 is 5.98. The van der Waals surface area contributed by atoms with Crippen LogP contribution < -0.4 is 0 Å². The molecule has 0 radical (unpaired) electrons. The molecule has 0 unspecified atom stereocenters. The van der Waals surface area contributed by atoms with Crippen LogP contribution >= 0.6 is 11.6 Å². The average Bonchev–Trinajstić information content (AvgIpc) is 2.91. The van der Waals surface area contributed by atoms with Gasteiger partial charge in [-0.3, -0.25) is 4.68 Å². The molecule has 0 bridgehead atoms. The molecule has 5 nitrogen and oxygen atoms in total. The number of aromatic nitrogens is 5. The predicted molar refractivity (Wildman–Crippen MR) is 74.1 cm³/mol. The molecule has 0 saturated carbocycles. The predicted octanol–water partition coefficient (Wildman–Crippen LogP) is 2.26. The average molecular weight is 276 g/mol. The Morgan fingerprint density at radius 2 is 2.21 bits per heavy atom. The summed E-state index contributed by atoms with van der Waals surface area (Å²) in [4.78, 5) is 8.90. The molecule has 3 aromatic heterocycles. The summed E-state index contributed by atoms with van der Waals surface area (Å²) in [6.45, 7) is 2.69. The quantitative estimate of drug-likeness (QED) is 0.689. The SMILES string of the molecule is Cc1nn(C)cc1Cn1c(CCl)nc2cccnc21. The first kappa shape index (κ1) is 12.2. The summed E-state index contributed by atoms with van der Waals surface area (Å²) in [6, 6.07) is 3.83. The first-order valence-corrected chi connectivity index (χ1v) is 6.57. The zero-order valence-corrected chi connectivity index (χ0v) is 11.6. The second kappa shape index (κ2) is 4.66. The van der Waals surface area contributed by atoms with Crippen LogP contribution in [0, 0.1) is 6.92 Å². The van der Waals surface area contributed by atoms with Gasteiger partial charge in [-0.15, -0.1) is 11.6 Å². The van der Waals surface area contributed by atoms with Crippen LogP contribution in [-0.4, -0.2) is 24.3 Å². The van der Waals surface area contributed by atoms with Crippen molar-refractivity contribution in [3.63, 3.8) is 0 Å². The van der Waals surface area contributed by atoms with Gasteiger partial charge in [0.25, 0.3) is 0 Å². The molecule has 0 aliphatic carbocycles. The van der Waals surface area contributed by atoms with E-state index in [-0.39, 0.29) is 0 Å². The molecular formula is C13H14ClN5. The Morgan fingerprint density at radius 3 is 2.89 bits per heavy atom. The van der Waals surface area contributed by atoms with Gasteiger partial charge in [-0.1, -0.05) is 0 Å². The fourth-order valence-electron chi connectivity index (χ4n) is 2.25. The van der Waals surface area contributed by atoms with Gasteiger partial charge in [0.05, 0.1) is 18.1 Å². The van der Waals surface area contributed by atoms with E-state index in [2.05, 4.69) is 15.1 Å². The molecule has 3 aromatic rings. The summed E-state index contributed by atoms with van der Waals surface area (Å²) in [5, 5.41) is 4.36. The molecule has 0 spiro atoms. The highest BCUT2D eigenvalue weighted by atomic mass is 35.5. The summed E-state index contributed by atoms with van der Waals surface area (Å²) in [5.41, 5.74) is 3.90. The zero-order valence-electron chi connectivity index (χ0n) is 10.8. The van der Waals surface area contributed by atoms with E-state index in [1.165, 1.54) is 0 Å². The Balaban J connectivity index is 2.11. The van der Waals surface area contributed by atoms with Gasteiger partial charge in [0.2, 0.25) is 0 Å². The molecule has 0 aliphatic heterocycles. The highest BCUT2D eigenvalue weighted by molar-refractivity contribution is 6.16. The van der Waals surface area contributed by atoms with E-state index < -0.39 is 0 Å². The molecule has 0 saturated heterocycles. The summed E-state index contributed by atoms with van der Waals surface area (Å²) in [6.07, 6.45) is 3.79. The summed E-state index contributed by atoms with van der Waals surface area (Å²) in [7, 11) is 1.92. The van der Waals surface area contributed by atoms with E-state index in [0.717, 1.165) is 28.2 Å². The standard InChI is InChI=1S/C13H14ClN5/c1-9-10(7-18(2)17-9)8-19-12(6-14)16-11-4-3-5-15-13(11)19/h3-5,7H,6,8H2,1-2H3. The van der Waals surface area contributed by atoms with Gasteiger partial charge >= 0.3 is 0 Å². The number of imidazole rings is 1. The molecule has 0 aliphatic rings. The maximum atomic E-state index is 5.98. The minimum Gasteiger partial charge on any atom is -0.307 e. The van der Waals surface area contributed by atoms with Crippen LogP contribution in [0.5, 0.6) is 0 Å². The van der Waals surface area contributed by atoms with Gasteiger partial charge in [0.1, 0.15) is 11.3 Å². The highest BCUT2D eigenvalue weighted by Crippen LogP contribution is 2.18. The highest BCUT2D eigenvalue weighted by Gasteiger charge is 2.13. The Bertz CT molecular complexity index is 728. The molecule has 19 heavy (non-hydrogen) atoms. The molecule has 98 valence electrons. The second-order valence-corrected chi connectivity index (χ2v) is 4.77. The Kier molecular flexibility index (Phi) is 2.98. The lowest BCUT2D eigenvalue weighted by molar-refractivity contribution is 0.753. The third-order valence-electron chi connectivity index (χ3n) is 3.15. The first-order valence-electron chi connectivity index (χ1n) is 6.04. The van der Waals surface area contributed by atoms with Crippen molar-refractivity contribution in [2.45, 2.75) is 19.3 Å². The number of hydrogen-bond acceptors (Lipinski definition) is 3. The number of alkyl halides is 1. The number of hydrogen-bond donors (Lipinski definition) is 0. The number of aryl methyl sites for hydroxylation is 2. The van der Waals surface area contributed by atoms with Crippen LogP contribution in [0.2, 0.25) is 0 Å². The number of nitrogens with zero attached hydrogens (tertiary/aromatic N) is 5. The van der Waals surface area contributed by atoms with Gasteiger partial charge in [-0.05, 0) is 19.1 Å². The first-order chi connectivity index (χ1) is 9.19. The monoisotopic (exact) mass is 275 g/mol. The molecule has 0 amide bonds. The molecular weight excluding hydrogens is 262 g/mol. The largest absolute Gasteiger partial charge is 0.307 e. The van der Waals surface area contributed by atoms with Crippen LogP contribution in [0.4, 0.5) is 0 Å². The minimum atomic E-state index is 0.371. The normalized spacial score (nSPS) is 11.3. The van der Waals surface area contributed by atoms with Crippen LogP contribution in [-0.2, 0) is 19.5 Å². The maximum absolute atomic E-state index is 5.98. The Labute approximate surface area is 115 Å². The van der Waals surface area contributed by atoms with Crippen LogP contribution in [0.1, 0.15) is 17.1 Å². The smallest absolute Gasteiger partial charge is 0.160 e. The zero-order chi connectivity index (χ0) is 13.4. The lowest BCUT2D eigenvalue weighted by Crippen LogP contribution is -2.05. The van der Waals surface area contributed by atoms with Crippen molar-refractivity contribution in [3.8, 4) is 0 Å². The minimum absolute atomic E-state index is 0.371. The number of fused-ring (bicyclic) bond motifs is 1. The van der Waals surface area contributed by atoms with E-state index in [0.29, 0.717) is 12.4 Å². The van der Waals surface area contributed by atoms with E-state index in [1.54, 1.807) is 6.20 Å². The summed E-state index contributed by atoms with van der Waals surface area (Å²) < 4.78 is 3.87. The Hall–Kier alpha value is -1.88. The maximum Gasteiger partial charge on any atom is 0.160 e. The van der Waals surface area contributed by atoms with Gasteiger partial charge < -0.3 is 4.57 Å². The van der Waals surface area contributed by atoms with Gasteiger partial charge in [-0.2, -0.15) is 5.10 Å². The lowest BCUT2D eigenvalue weighted by atomic mass is 10.2. The molecule has 6 heteroatoms. The fourth-order valence-corrected chi connectivity index (χ4v) is 2.45. The second-order valence-electron chi connectivity index (χ2n) is 4.51. The molecule has 3 rings (SSSR count). The van der Waals surface area contributed by atoms with E-state index in [4.69, 9.17) is 11.6 Å². The number of rotatable bonds is 3. The van der Waals surface area contributed by atoms with E-state index in [9.17, 15) is 0 Å². The van der Waals surface area contributed by atoms with Crippen molar-refractivity contribution in [2.24, 2.45) is 7.05 Å². The number of pyridine rings is 1. The van der Waals surface area contributed by atoms with Crippen molar-refractivity contribution in [2.75, 3.05) is 0 Å². The van der Waals surface area contributed by atoms with Gasteiger partial charge in [-0.25, -0.2) is 9.97 Å². The van der Waals surface area contributed by atoms with Crippen molar-refractivity contribution in [1.82, 2.24) is 24.3 Å². The third kappa shape index (κ3) is 2.10. The molecule has 0 fully saturated rings. The molecule has 0 N–H and O–H groups in total. The topological polar surface area (TPSA) is 48.5 Å². The van der Waals surface area contributed by atoms with Crippen LogP contribution in [0.15, 0.2) is 24.5 Å². The van der Waals surface area contributed by atoms with Crippen molar-refractivity contribution >= 4 is 22.8 Å². The lowest BCUT2D eigenvalue weighted by Gasteiger charge is -2.05.